The fourth-order valence-electron chi connectivity index (χ4n) is 4.92. The van der Waals surface area contributed by atoms with Crippen LogP contribution in [0.4, 0.5) is 5.69 Å². The van der Waals surface area contributed by atoms with E-state index >= 15 is 0 Å². The van der Waals surface area contributed by atoms with Crippen LogP contribution in [0, 0.1) is 18.3 Å². The van der Waals surface area contributed by atoms with Gasteiger partial charge in [0.1, 0.15) is 0 Å². The molecule has 1 aromatic carbocycles. The average molecular weight is 413 g/mol. The Morgan fingerprint density at radius 2 is 1.97 bits per heavy atom. The van der Waals surface area contributed by atoms with E-state index < -0.39 is 0 Å². The number of pyridine rings is 1. The molecule has 158 valence electrons. The highest BCUT2D eigenvalue weighted by atomic mass is 16.3. The predicted molar refractivity (Wildman–Crippen MR) is 125 cm³/mol. The highest BCUT2D eigenvalue weighted by molar-refractivity contribution is 5.98. The summed E-state index contributed by atoms with van der Waals surface area (Å²) in [6.07, 6.45) is 11.8. The second kappa shape index (κ2) is 7.25. The van der Waals surface area contributed by atoms with E-state index in [4.69, 9.17) is 4.98 Å². The van der Waals surface area contributed by atoms with Crippen LogP contribution >= 0.6 is 0 Å². The molecular formula is C26H28N4O. The van der Waals surface area contributed by atoms with Gasteiger partial charge in [-0.1, -0.05) is 6.08 Å². The number of anilines is 1. The Hall–Kier alpha value is -3.10. The summed E-state index contributed by atoms with van der Waals surface area (Å²) in [5.41, 5.74) is 6.86. The molecule has 0 amide bonds. The minimum Gasteiger partial charge on any atom is -0.393 e. The van der Waals surface area contributed by atoms with Gasteiger partial charge in [0.25, 0.3) is 0 Å². The summed E-state index contributed by atoms with van der Waals surface area (Å²) in [7, 11) is 0. The van der Waals surface area contributed by atoms with Crippen LogP contribution < -0.4 is 5.32 Å². The number of fused-ring (bicyclic) bond motifs is 2. The molecule has 0 saturated heterocycles. The molecule has 1 aliphatic carbocycles. The van der Waals surface area contributed by atoms with Crippen molar-refractivity contribution >= 4 is 22.7 Å². The zero-order valence-corrected chi connectivity index (χ0v) is 18.3. The molecule has 31 heavy (non-hydrogen) atoms. The molecule has 0 radical (unpaired) electrons. The number of nitriles is 1. The molecular weight excluding hydrogens is 384 g/mol. The molecule has 2 aromatic heterocycles. The third kappa shape index (κ3) is 3.51. The lowest BCUT2D eigenvalue weighted by molar-refractivity contribution is 0.111. The molecule has 5 heteroatoms. The maximum Gasteiger partial charge on any atom is 0.0994 e. The number of hydrogen-bond donors (Lipinski definition) is 2. The molecule has 1 saturated carbocycles. The van der Waals surface area contributed by atoms with Crippen LogP contribution in [-0.4, -0.2) is 26.3 Å². The molecule has 0 atom stereocenters. The molecule has 0 spiro atoms. The summed E-state index contributed by atoms with van der Waals surface area (Å²) < 4.78 is 2.36. The Morgan fingerprint density at radius 1 is 1.19 bits per heavy atom. The van der Waals surface area contributed by atoms with E-state index in [-0.39, 0.29) is 11.6 Å². The zero-order valence-electron chi connectivity index (χ0n) is 18.3. The standard InChI is InChI=1S/C26H28N4O/c1-16-10-25-21(11-17(16)13-27)22(15-30(25)19-4-6-20(31)7-5-19)18-12-24-23(28-14-18)8-9-26(2,3)29-24/h8-12,14-15,19-20,29,31H,4-7H2,1-3H3/t19-,20+. The minimum atomic E-state index is -0.184. The van der Waals surface area contributed by atoms with E-state index in [0.717, 1.165) is 64.7 Å². The molecule has 2 N–H and O–H groups in total. The number of hydrogen-bond acceptors (Lipinski definition) is 4. The van der Waals surface area contributed by atoms with Crippen LogP contribution in [0.1, 0.15) is 62.4 Å². The first-order chi connectivity index (χ1) is 14.8. The van der Waals surface area contributed by atoms with E-state index in [1.54, 1.807) is 0 Å². The average Bonchev–Trinajstić information content (AvgIpc) is 3.10. The third-order valence-corrected chi connectivity index (χ3v) is 6.70. The number of aliphatic hydroxyl groups excluding tert-OH is 1. The lowest BCUT2D eigenvalue weighted by Crippen LogP contribution is -2.30. The smallest absolute Gasteiger partial charge is 0.0994 e. The van der Waals surface area contributed by atoms with E-state index in [1.165, 1.54) is 0 Å². The van der Waals surface area contributed by atoms with Gasteiger partial charge in [0.2, 0.25) is 0 Å². The monoisotopic (exact) mass is 412 g/mol. The van der Waals surface area contributed by atoms with E-state index in [1.807, 2.05) is 19.2 Å². The molecule has 0 bridgehead atoms. The Labute approximate surface area is 183 Å². The van der Waals surface area contributed by atoms with Gasteiger partial charge in [0, 0.05) is 40.5 Å². The Morgan fingerprint density at radius 3 is 2.71 bits per heavy atom. The van der Waals surface area contributed by atoms with Crippen LogP contribution in [0.15, 0.2) is 36.7 Å². The molecule has 3 heterocycles. The molecule has 1 aliphatic heterocycles. The number of aliphatic hydroxyl groups is 1. The summed E-state index contributed by atoms with van der Waals surface area (Å²) in [6.45, 7) is 6.29. The maximum atomic E-state index is 9.97. The molecule has 2 aliphatic rings. The number of aryl methyl sites for hydroxylation is 1. The predicted octanol–water partition coefficient (Wildman–Crippen LogP) is 5.58. The Bertz CT molecular complexity index is 1240. The van der Waals surface area contributed by atoms with Crippen molar-refractivity contribution in [3.63, 3.8) is 0 Å². The highest BCUT2D eigenvalue weighted by Crippen LogP contribution is 2.39. The topological polar surface area (TPSA) is 73.9 Å². The van der Waals surface area contributed by atoms with Crippen molar-refractivity contribution in [1.29, 1.82) is 5.26 Å². The van der Waals surface area contributed by atoms with Gasteiger partial charge in [0.15, 0.2) is 0 Å². The molecule has 0 unspecified atom stereocenters. The fraction of sp³-hybridized carbons (Fsp3) is 0.385. The number of rotatable bonds is 2. The second-order valence-corrected chi connectivity index (χ2v) is 9.55. The summed E-state index contributed by atoms with van der Waals surface area (Å²) in [4.78, 5) is 4.70. The van der Waals surface area contributed by atoms with Crippen LogP contribution in [-0.2, 0) is 0 Å². The summed E-state index contributed by atoms with van der Waals surface area (Å²) in [6, 6.07) is 9.03. The third-order valence-electron chi connectivity index (χ3n) is 6.70. The largest absolute Gasteiger partial charge is 0.393 e. The first-order valence-electron chi connectivity index (χ1n) is 11.1. The van der Waals surface area contributed by atoms with E-state index in [9.17, 15) is 10.4 Å². The van der Waals surface area contributed by atoms with Crippen LogP contribution in [0.25, 0.3) is 28.1 Å². The first kappa shape index (κ1) is 19.8. The Kier molecular flexibility index (Phi) is 4.64. The summed E-state index contributed by atoms with van der Waals surface area (Å²) in [5.74, 6) is 0. The lowest BCUT2D eigenvalue weighted by atomic mass is 9.93. The van der Waals surface area contributed by atoms with Crippen molar-refractivity contribution in [1.82, 2.24) is 9.55 Å². The number of nitrogens with zero attached hydrogens (tertiary/aromatic N) is 3. The van der Waals surface area contributed by atoms with Gasteiger partial charge in [-0.15, -0.1) is 0 Å². The quantitative estimate of drug-likeness (QED) is 0.576. The fourth-order valence-corrected chi connectivity index (χ4v) is 4.92. The van der Waals surface area contributed by atoms with Gasteiger partial charge in [-0.2, -0.15) is 5.26 Å². The summed E-state index contributed by atoms with van der Waals surface area (Å²) >= 11 is 0. The highest BCUT2D eigenvalue weighted by Gasteiger charge is 2.25. The van der Waals surface area contributed by atoms with Crippen molar-refractivity contribution < 1.29 is 5.11 Å². The van der Waals surface area contributed by atoms with Crippen molar-refractivity contribution in [3.05, 3.63) is 53.5 Å². The maximum absolute atomic E-state index is 9.97. The number of benzene rings is 1. The van der Waals surface area contributed by atoms with Gasteiger partial charge in [-0.05, 0) is 76.3 Å². The minimum absolute atomic E-state index is 0.116. The summed E-state index contributed by atoms with van der Waals surface area (Å²) in [5, 5.41) is 24.2. The van der Waals surface area contributed by atoms with Crippen molar-refractivity contribution in [2.45, 2.75) is 64.1 Å². The van der Waals surface area contributed by atoms with Gasteiger partial charge in [-0.25, -0.2) is 0 Å². The van der Waals surface area contributed by atoms with E-state index in [2.05, 4.69) is 60.3 Å². The van der Waals surface area contributed by atoms with Crippen molar-refractivity contribution in [3.8, 4) is 17.2 Å². The molecule has 1 fully saturated rings. The van der Waals surface area contributed by atoms with E-state index in [0.29, 0.717) is 11.6 Å². The lowest BCUT2D eigenvalue weighted by Gasteiger charge is -2.28. The normalized spacial score (nSPS) is 22.0. The SMILES string of the molecule is Cc1cc2c(cc1C#N)c(-c1cnc3c(c1)NC(C)(C)C=C3)cn2[C@H]1CC[C@@H](O)CC1. The van der Waals surface area contributed by atoms with Crippen LogP contribution in [0.2, 0.25) is 0 Å². The van der Waals surface area contributed by atoms with Crippen molar-refractivity contribution in [2.24, 2.45) is 0 Å². The van der Waals surface area contributed by atoms with Gasteiger partial charge < -0.3 is 15.0 Å². The molecule has 3 aromatic rings. The van der Waals surface area contributed by atoms with Crippen LogP contribution in [0.3, 0.4) is 0 Å². The van der Waals surface area contributed by atoms with Crippen LogP contribution in [0.5, 0.6) is 0 Å². The van der Waals surface area contributed by atoms with Crippen molar-refractivity contribution in [2.75, 3.05) is 5.32 Å². The van der Waals surface area contributed by atoms with Gasteiger partial charge in [0.05, 0.1) is 34.7 Å². The number of nitrogens with one attached hydrogen (secondary N) is 1. The first-order valence-corrected chi connectivity index (χ1v) is 11.1. The molecule has 5 nitrogen and oxygen atoms in total. The second-order valence-electron chi connectivity index (χ2n) is 9.55. The number of aromatic nitrogens is 2. The van der Waals surface area contributed by atoms with Gasteiger partial charge in [-0.3, -0.25) is 4.98 Å². The zero-order chi connectivity index (χ0) is 21.8. The van der Waals surface area contributed by atoms with Gasteiger partial charge >= 0.3 is 0 Å². The Balaban J connectivity index is 1.67. The molecule has 5 rings (SSSR count).